The van der Waals surface area contributed by atoms with E-state index in [0.717, 1.165) is 5.56 Å². The summed E-state index contributed by atoms with van der Waals surface area (Å²) >= 11 is 0. The Balaban J connectivity index is 1.91. The molecule has 0 heterocycles. The van der Waals surface area contributed by atoms with Crippen molar-refractivity contribution in [3.63, 3.8) is 0 Å². The highest BCUT2D eigenvalue weighted by Crippen LogP contribution is 2.14. The van der Waals surface area contributed by atoms with Crippen LogP contribution in [0.25, 0.3) is 0 Å². The number of hydrogen-bond acceptors (Lipinski definition) is 5. The summed E-state index contributed by atoms with van der Waals surface area (Å²) in [5.41, 5.74) is 1.92. The Morgan fingerprint density at radius 2 is 1.62 bits per heavy atom. The third-order valence-corrected chi connectivity index (χ3v) is 5.51. The standard InChI is InChI=1S/C21H26N2O5S/c1-15(2)23-29(26,27)14-19-7-5-4-6-18(19)12-22-21(25)13-28-20-10-8-17(9-11-20)16(3)24/h4-11,15,23H,12-14H2,1-3H3,(H,22,25). The van der Waals surface area contributed by atoms with Crippen molar-refractivity contribution in [2.24, 2.45) is 0 Å². The predicted octanol–water partition coefficient (Wildman–Crippen LogP) is 2.41. The van der Waals surface area contributed by atoms with Crippen LogP contribution in [-0.2, 0) is 27.1 Å². The quantitative estimate of drug-likeness (QED) is 0.577. The molecule has 2 N–H and O–H groups in total. The first-order chi connectivity index (χ1) is 13.7. The molecule has 0 unspecified atom stereocenters. The fraction of sp³-hybridized carbons (Fsp3) is 0.333. The van der Waals surface area contributed by atoms with Gasteiger partial charge in [0.25, 0.3) is 5.91 Å². The smallest absolute Gasteiger partial charge is 0.258 e. The van der Waals surface area contributed by atoms with Crippen molar-refractivity contribution in [2.45, 2.75) is 39.1 Å². The van der Waals surface area contributed by atoms with E-state index in [-0.39, 0.29) is 36.6 Å². The second-order valence-corrected chi connectivity index (χ2v) is 8.70. The van der Waals surface area contributed by atoms with E-state index in [1.165, 1.54) is 6.92 Å². The van der Waals surface area contributed by atoms with Crippen LogP contribution in [-0.4, -0.2) is 32.8 Å². The highest BCUT2D eigenvalue weighted by atomic mass is 32.2. The van der Waals surface area contributed by atoms with Gasteiger partial charge in [-0.3, -0.25) is 9.59 Å². The zero-order valence-electron chi connectivity index (χ0n) is 16.8. The van der Waals surface area contributed by atoms with Crippen LogP contribution >= 0.6 is 0 Å². The summed E-state index contributed by atoms with van der Waals surface area (Å²) in [5.74, 6) is -0.0514. The van der Waals surface area contributed by atoms with Crippen molar-refractivity contribution in [2.75, 3.05) is 6.61 Å². The minimum atomic E-state index is -3.46. The summed E-state index contributed by atoms with van der Waals surface area (Å²) in [7, 11) is -3.46. The number of carbonyl (C=O) groups is 2. The molecule has 0 spiro atoms. The van der Waals surface area contributed by atoms with Crippen molar-refractivity contribution in [1.82, 2.24) is 10.0 Å². The van der Waals surface area contributed by atoms with Crippen LogP contribution in [0, 0.1) is 0 Å². The molecule has 0 atom stereocenters. The van der Waals surface area contributed by atoms with E-state index in [1.54, 1.807) is 62.4 Å². The van der Waals surface area contributed by atoms with E-state index in [4.69, 9.17) is 4.74 Å². The summed E-state index contributed by atoms with van der Waals surface area (Å²) in [6, 6.07) is 13.4. The Hall–Kier alpha value is -2.71. The summed E-state index contributed by atoms with van der Waals surface area (Å²) in [4.78, 5) is 23.3. The minimum absolute atomic E-state index is 0.0430. The number of carbonyl (C=O) groups excluding carboxylic acids is 2. The van der Waals surface area contributed by atoms with E-state index in [0.29, 0.717) is 16.9 Å². The highest BCUT2D eigenvalue weighted by molar-refractivity contribution is 7.88. The van der Waals surface area contributed by atoms with Crippen LogP contribution in [0.4, 0.5) is 0 Å². The number of Topliss-reactive ketones (excluding diaryl/α,β-unsaturated/α-hetero) is 1. The zero-order valence-corrected chi connectivity index (χ0v) is 17.6. The van der Waals surface area contributed by atoms with Gasteiger partial charge in [0.05, 0.1) is 5.75 Å². The van der Waals surface area contributed by atoms with Crippen LogP contribution in [0.5, 0.6) is 5.75 Å². The number of benzene rings is 2. The van der Waals surface area contributed by atoms with Gasteiger partial charge in [0, 0.05) is 18.2 Å². The molecule has 0 bridgehead atoms. The summed E-state index contributed by atoms with van der Waals surface area (Å²) in [6.07, 6.45) is 0. The fourth-order valence-electron chi connectivity index (χ4n) is 2.66. The van der Waals surface area contributed by atoms with Crippen molar-refractivity contribution < 1.29 is 22.7 Å². The largest absolute Gasteiger partial charge is 0.484 e. The molecular formula is C21H26N2O5S. The molecule has 7 nitrogen and oxygen atoms in total. The van der Waals surface area contributed by atoms with Crippen molar-refractivity contribution in [1.29, 1.82) is 0 Å². The number of ketones is 1. The van der Waals surface area contributed by atoms with Crippen LogP contribution in [0.15, 0.2) is 48.5 Å². The molecule has 0 aliphatic rings. The molecule has 2 rings (SSSR count). The van der Waals surface area contributed by atoms with Gasteiger partial charge in [-0.15, -0.1) is 0 Å². The van der Waals surface area contributed by atoms with Crippen molar-refractivity contribution >= 4 is 21.7 Å². The molecular weight excluding hydrogens is 392 g/mol. The summed E-state index contributed by atoms with van der Waals surface area (Å²) in [6.45, 7) is 5.01. The van der Waals surface area contributed by atoms with Crippen LogP contribution in [0.1, 0.15) is 42.3 Å². The maximum atomic E-state index is 12.2. The summed E-state index contributed by atoms with van der Waals surface area (Å²) in [5, 5.41) is 2.73. The van der Waals surface area contributed by atoms with E-state index in [2.05, 4.69) is 10.0 Å². The fourth-order valence-corrected chi connectivity index (χ4v) is 4.15. The lowest BCUT2D eigenvalue weighted by Crippen LogP contribution is -2.32. The third-order valence-electron chi connectivity index (χ3n) is 3.99. The Morgan fingerprint density at radius 1 is 1.00 bits per heavy atom. The van der Waals surface area contributed by atoms with Gasteiger partial charge in [-0.2, -0.15) is 0 Å². The average molecular weight is 419 g/mol. The average Bonchev–Trinajstić information content (AvgIpc) is 2.64. The van der Waals surface area contributed by atoms with Gasteiger partial charge in [-0.05, 0) is 56.2 Å². The molecule has 0 aromatic heterocycles. The van der Waals surface area contributed by atoms with E-state index in [1.807, 2.05) is 0 Å². The SMILES string of the molecule is CC(=O)c1ccc(OCC(=O)NCc2ccccc2CS(=O)(=O)NC(C)C)cc1. The van der Waals surface area contributed by atoms with E-state index in [9.17, 15) is 18.0 Å². The first kappa shape index (κ1) is 22.6. The Morgan fingerprint density at radius 3 is 2.21 bits per heavy atom. The molecule has 2 aromatic rings. The lowest BCUT2D eigenvalue weighted by molar-refractivity contribution is -0.123. The Labute approximate surface area is 171 Å². The Bertz CT molecular complexity index is 953. The highest BCUT2D eigenvalue weighted by Gasteiger charge is 2.15. The molecule has 156 valence electrons. The normalized spacial score (nSPS) is 11.3. The molecule has 0 radical (unpaired) electrons. The molecule has 2 aromatic carbocycles. The molecule has 0 aliphatic heterocycles. The predicted molar refractivity (Wildman–Crippen MR) is 111 cm³/mol. The number of amides is 1. The van der Waals surface area contributed by atoms with Crippen LogP contribution < -0.4 is 14.8 Å². The molecule has 0 saturated heterocycles. The van der Waals surface area contributed by atoms with Gasteiger partial charge in [0.2, 0.25) is 10.0 Å². The second-order valence-electron chi connectivity index (χ2n) is 6.95. The van der Waals surface area contributed by atoms with Gasteiger partial charge in [0.15, 0.2) is 12.4 Å². The number of hydrogen-bond donors (Lipinski definition) is 2. The number of sulfonamides is 1. The molecule has 1 amide bonds. The molecule has 0 fully saturated rings. The van der Waals surface area contributed by atoms with Crippen molar-refractivity contribution in [3.8, 4) is 5.75 Å². The lowest BCUT2D eigenvalue weighted by Gasteiger charge is -2.13. The number of nitrogens with one attached hydrogen (secondary N) is 2. The maximum absolute atomic E-state index is 12.2. The molecule has 0 saturated carbocycles. The topological polar surface area (TPSA) is 102 Å². The zero-order chi connectivity index (χ0) is 21.4. The van der Waals surface area contributed by atoms with Crippen LogP contribution in [0.3, 0.4) is 0 Å². The van der Waals surface area contributed by atoms with Gasteiger partial charge < -0.3 is 10.1 Å². The Kier molecular flexibility index (Phi) is 7.92. The first-order valence-corrected chi connectivity index (χ1v) is 10.9. The van der Waals surface area contributed by atoms with Crippen molar-refractivity contribution in [3.05, 3.63) is 65.2 Å². The van der Waals surface area contributed by atoms with Gasteiger partial charge in [-0.25, -0.2) is 13.1 Å². The number of rotatable bonds is 10. The van der Waals surface area contributed by atoms with E-state index >= 15 is 0 Å². The third kappa shape index (κ3) is 7.67. The molecule has 29 heavy (non-hydrogen) atoms. The molecule has 8 heteroatoms. The van der Waals surface area contributed by atoms with Gasteiger partial charge in [0.1, 0.15) is 5.75 Å². The van der Waals surface area contributed by atoms with Gasteiger partial charge >= 0.3 is 0 Å². The second kappa shape index (κ2) is 10.2. The first-order valence-electron chi connectivity index (χ1n) is 9.23. The van der Waals surface area contributed by atoms with E-state index < -0.39 is 10.0 Å². The lowest BCUT2D eigenvalue weighted by atomic mass is 10.1. The summed E-state index contributed by atoms with van der Waals surface area (Å²) < 4.78 is 32.3. The van der Waals surface area contributed by atoms with Gasteiger partial charge in [-0.1, -0.05) is 24.3 Å². The minimum Gasteiger partial charge on any atom is -0.484 e. The molecule has 0 aliphatic carbocycles. The van der Waals surface area contributed by atoms with Crippen LogP contribution in [0.2, 0.25) is 0 Å². The monoisotopic (exact) mass is 418 g/mol. The maximum Gasteiger partial charge on any atom is 0.258 e. The number of ether oxygens (including phenoxy) is 1.